The SMILES string of the molecule is COc1c(Cl)cc(C(=O)Nc2ccn(Cc3cccnc3)n2)cc1Cl. The van der Waals surface area contributed by atoms with Crippen molar-refractivity contribution in [1.82, 2.24) is 14.8 Å². The Balaban J connectivity index is 1.71. The predicted octanol–water partition coefficient (Wildman–Crippen LogP) is 3.89. The van der Waals surface area contributed by atoms with E-state index < -0.39 is 0 Å². The molecule has 25 heavy (non-hydrogen) atoms. The summed E-state index contributed by atoms with van der Waals surface area (Å²) >= 11 is 12.1. The summed E-state index contributed by atoms with van der Waals surface area (Å²) in [5, 5.41) is 7.56. The normalized spacial score (nSPS) is 10.5. The van der Waals surface area contributed by atoms with Gasteiger partial charge in [-0.15, -0.1) is 0 Å². The molecule has 6 nitrogen and oxygen atoms in total. The average molecular weight is 377 g/mol. The van der Waals surface area contributed by atoms with Gasteiger partial charge in [-0.3, -0.25) is 14.5 Å². The van der Waals surface area contributed by atoms with E-state index in [-0.39, 0.29) is 16.0 Å². The van der Waals surface area contributed by atoms with Crippen LogP contribution in [0.15, 0.2) is 48.9 Å². The highest BCUT2D eigenvalue weighted by Crippen LogP contribution is 2.33. The summed E-state index contributed by atoms with van der Waals surface area (Å²) in [6.07, 6.45) is 5.25. The zero-order valence-corrected chi connectivity index (χ0v) is 14.8. The number of rotatable bonds is 5. The molecule has 0 bridgehead atoms. The number of amides is 1. The van der Waals surface area contributed by atoms with Gasteiger partial charge < -0.3 is 10.1 Å². The van der Waals surface area contributed by atoms with Crippen molar-refractivity contribution >= 4 is 34.9 Å². The molecule has 0 saturated carbocycles. The molecular weight excluding hydrogens is 363 g/mol. The highest BCUT2D eigenvalue weighted by atomic mass is 35.5. The number of pyridine rings is 1. The minimum absolute atomic E-state index is 0.266. The molecule has 0 radical (unpaired) electrons. The van der Waals surface area contributed by atoms with Crippen LogP contribution >= 0.6 is 23.2 Å². The lowest BCUT2D eigenvalue weighted by Crippen LogP contribution is -2.13. The summed E-state index contributed by atoms with van der Waals surface area (Å²) in [6, 6.07) is 8.51. The summed E-state index contributed by atoms with van der Waals surface area (Å²) in [5.74, 6) is 0.399. The Kier molecular flexibility index (Phi) is 5.21. The van der Waals surface area contributed by atoms with Crippen LogP contribution in [0.5, 0.6) is 5.75 Å². The van der Waals surface area contributed by atoms with Gasteiger partial charge in [0, 0.05) is 30.2 Å². The molecule has 1 N–H and O–H groups in total. The Hall–Kier alpha value is -2.57. The lowest BCUT2D eigenvalue weighted by atomic mass is 10.2. The number of methoxy groups -OCH3 is 1. The number of halogens is 2. The largest absolute Gasteiger partial charge is 0.494 e. The van der Waals surface area contributed by atoms with Crippen LogP contribution in [0.4, 0.5) is 5.82 Å². The van der Waals surface area contributed by atoms with E-state index in [2.05, 4.69) is 15.4 Å². The highest BCUT2D eigenvalue weighted by molar-refractivity contribution is 6.37. The van der Waals surface area contributed by atoms with Crippen LogP contribution in [0, 0.1) is 0 Å². The first-order valence-corrected chi connectivity index (χ1v) is 8.09. The number of benzene rings is 1. The van der Waals surface area contributed by atoms with Gasteiger partial charge in [-0.1, -0.05) is 29.3 Å². The van der Waals surface area contributed by atoms with Crippen LogP contribution in [0.3, 0.4) is 0 Å². The number of hydrogen-bond acceptors (Lipinski definition) is 4. The molecule has 2 heterocycles. The van der Waals surface area contributed by atoms with Crippen molar-refractivity contribution in [3.05, 3.63) is 70.1 Å². The van der Waals surface area contributed by atoms with Crippen LogP contribution in [0.25, 0.3) is 0 Å². The molecule has 0 aliphatic rings. The quantitative estimate of drug-likeness (QED) is 0.733. The lowest BCUT2D eigenvalue weighted by Gasteiger charge is -2.08. The molecule has 2 aromatic heterocycles. The lowest BCUT2D eigenvalue weighted by molar-refractivity contribution is 0.102. The third-order valence-electron chi connectivity index (χ3n) is 3.41. The second kappa shape index (κ2) is 7.55. The van der Waals surface area contributed by atoms with E-state index in [1.807, 2.05) is 12.1 Å². The van der Waals surface area contributed by atoms with Crippen molar-refractivity contribution in [2.75, 3.05) is 12.4 Å². The smallest absolute Gasteiger partial charge is 0.256 e. The van der Waals surface area contributed by atoms with Crippen LogP contribution in [-0.4, -0.2) is 27.8 Å². The molecule has 0 atom stereocenters. The van der Waals surface area contributed by atoms with Crippen LogP contribution in [0.1, 0.15) is 15.9 Å². The Labute approximate surface area is 154 Å². The first-order chi connectivity index (χ1) is 12.1. The predicted molar refractivity (Wildman–Crippen MR) is 96.5 cm³/mol. The van der Waals surface area contributed by atoms with Crippen LogP contribution in [-0.2, 0) is 6.54 Å². The minimum Gasteiger partial charge on any atom is -0.494 e. The van der Waals surface area contributed by atoms with Gasteiger partial charge in [0.2, 0.25) is 0 Å². The molecule has 0 fully saturated rings. The number of ether oxygens (including phenoxy) is 1. The molecule has 0 aliphatic heterocycles. The molecule has 1 amide bonds. The topological polar surface area (TPSA) is 69.0 Å². The Morgan fingerprint density at radius 2 is 2.04 bits per heavy atom. The average Bonchev–Trinajstić information content (AvgIpc) is 3.02. The summed E-state index contributed by atoms with van der Waals surface area (Å²) < 4.78 is 6.78. The van der Waals surface area contributed by atoms with Crippen LogP contribution < -0.4 is 10.1 Å². The van der Waals surface area contributed by atoms with Crippen molar-refractivity contribution in [1.29, 1.82) is 0 Å². The van der Waals surface area contributed by atoms with E-state index in [9.17, 15) is 4.79 Å². The van der Waals surface area contributed by atoms with E-state index in [1.165, 1.54) is 19.2 Å². The van der Waals surface area contributed by atoms with E-state index in [0.29, 0.717) is 23.7 Å². The highest BCUT2D eigenvalue weighted by Gasteiger charge is 2.14. The number of hydrogen-bond donors (Lipinski definition) is 1. The summed E-state index contributed by atoms with van der Waals surface area (Å²) in [4.78, 5) is 16.4. The summed E-state index contributed by atoms with van der Waals surface area (Å²) in [5.41, 5.74) is 1.33. The monoisotopic (exact) mass is 376 g/mol. The van der Waals surface area contributed by atoms with E-state index >= 15 is 0 Å². The number of carbonyl (C=O) groups excluding carboxylic acids is 1. The maximum absolute atomic E-state index is 12.4. The van der Waals surface area contributed by atoms with Gasteiger partial charge >= 0.3 is 0 Å². The van der Waals surface area contributed by atoms with E-state index in [0.717, 1.165) is 5.56 Å². The van der Waals surface area contributed by atoms with Crippen molar-refractivity contribution in [2.24, 2.45) is 0 Å². The van der Waals surface area contributed by atoms with E-state index in [4.69, 9.17) is 27.9 Å². The molecule has 3 aromatic rings. The van der Waals surface area contributed by atoms with Gasteiger partial charge in [-0.05, 0) is 23.8 Å². The molecule has 1 aromatic carbocycles. The molecule has 3 rings (SSSR count). The fourth-order valence-corrected chi connectivity index (χ4v) is 2.91. The third-order valence-corrected chi connectivity index (χ3v) is 3.98. The van der Waals surface area contributed by atoms with Gasteiger partial charge in [0.1, 0.15) is 0 Å². The standard InChI is InChI=1S/C17H14Cl2N4O2/c1-25-16-13(18)7-12(8-14(16)19)17(24)21-15-4-6-23(22-15)10-11-3-2-5-20-9-11/h2-9H,10H2,1H3,(H,21,22,24). The number of aromatic nitrogens is 3. The van der Waals surface area contributed by atoms with Crippen LogP contribution in [0.2, 0.25) is 10.0 Å². The van der Waals surface area contributed by atoms with E-state index in [1.54, 1.807) is 29.3 Å². The van der Waals surface area contributed by atoms with Gasteiger partial charge in [-0.2, -0.15) is 5.10 Å². The second-order valence-electron chi connectivity index (χ2n) is 5.19. The Bertz CT molecular complexity index is 874. The van der Waals surface area contributed by atoms with Crippen molar-refractivity contribution in [3.63, 3.8) is 0 Å². The third kappa shape index (κ3) is 4.10. The van der Waals surface area contributed by atoms with Gasteiger partial charge in [0.25, 0.3) is 5.91 Å². The molecular formula is C17H14Cl2N4O2. The Morgan fingerprint density at radius 1 is 1.28 bits per heavy atom. The first-order valence-electron chi connectivity index (χ1n) is 7.33. The number of nitrogens with zero attached hydrogens (tertiary/aromatic N) is 3. The van der Waals surface area contributed by atoms with Gasteiger partial charge in [0.15, 0.2) is 11.6 Å². The molecule has 128 valence electrons. The number of nitrogens with one attached hydrogen (secondary N) is 1. The van der Waals surface area contributed by atoms with Crippen molar-refractivity contribution in [2.45, 2.75) is 6.54 Å². The van der Waals surface area contributed by atoms with Crippen molar-refractivity contribution in [3.8, 4) is 5.75 Å². The zero-order chi connectivity index (χ0) is 17.8. The molecule has 0 aliphatic carbocycles. The second-order valence-corrected chi connectivity index (χ2v) is 6.00. The summed E-state index contributed by atoms with van der Waals surface area (Å²) in [6.45, 7) is 0.559. The Morgan fingerprint density at radius 3 is 2.68 bits per heavy atom. The maximum atomic E-state index is 12.4. The fraction of sp³-hybridized carbons (Fsp3) is 0.118. The van der Waals surface area contributed by atoms with Gasteiger partial charge in [-0.25, -0.2) is 0 Å². The number of carbonyl (C=O) groups is 1. The molecule has 8 heteroatoms. The minimum atomic E-state index is -0.363. The maximum Gasteiger partial charge on any atom is 0.256 e. The molecule has 0 spiro atoms. The van der Waals surface area contributed by atoms with Gasteiger partial charge in [0.05, 0.1) is 23.7 Å². The summed E-state index contributed by atoms with van der Waals surface area (Å²) in [7, 11) is 1.46. The molecule has 0 unspecified atom stereocenters. The zero-order valence-electron chi connectivity index (χ0n) is 13.2. The first kappa shape index (κ1) is 17.3. The number of anilines is 1. The fourth-order valence-electron chi connectivity index (χ4n) is 2.27. The van der Waals surface area contributed by atoms with Crippen molar-refractivity contribution < 1.29 is 9.53 Å². The molecule has 0 saturated heterocycles.